The van der Waals surface area contributed by atoms with E-state index in [-0.39, 0.29) is 0 Å². The Hall–Kier alpha value is -6.53. The molecule has 0 fully saturated rings. The van der Waals surface area contributed by atoms with Crippen LogP contribution < -0.4 is 20.5 Å². The smallest absolute Gasteiger partial charge is 0.126 e. The quantitative estimate of drug-likeness (QED) is 0.181. The number of benzene rings is 6. The second kappa shape index (κ2) is 25.9. The van der Waals surface area contributed by atoms with Gasteiger partial charge in [-0.15, -0.1) is 22.7 Å². The number of thiazole rings is 1. The van der Waals surface area contributed by atoms with Gasteiger partial charge in [0.1, 0.15) is 5.01 Å². The summed E-state index contributed by atoms with van der Waals surface area (Å²) in [5, 5.41) is 11.6. The first-order chi connectivity index (χ1) is 30.8. The third-order valence-corrected chi connectivity index (χ3v) is 11.9. The average molecular weight is 848 g/mol. The van der Waals surface area contributed by atoms with E-state index in [1.807, 2.05) is 158 Å². The Morgan fingerprint density at radius 1 is 0.403 bits per heavy atom. The Balaban J connectivity index is 0.000000139. The van der Waals surface area contributed by atoms with Crippen molar-refractivity contribution < 1.29 is 0 Å². The van der Waals surface area contributed by atoms with Crippen molar-refractivity contribution >= 4 is 77.7 Å². The van der Waals surface area contributed by atoms with Crippen molar-refractivity contribution in [1.29, 1.82) is 0 Å². The highest BCUT2D eigenvalue weighted by Crippen LogP contribution is 2.39. The number of para-hydroxylation sites is 4. The molecular weight excluding hydrogens is 791 g/mol. The highest BCUT2D eigenvalue weighted by Gasteiger charge is 2.13. The van der Waals surface area contributed by atoms with Crippen molar-refractivity contribution in [3.8, 4) is 10.6 Å². The molecule has 2 N–H and O–H groups in total. The van der Waals surface area contributed by atoms with E-state index >= 15 is 0 Å². The van der Waals surface area contributed by atoms with E-state index in [0.717, 1.165) is 40.6 Å². The molecular formula is C57H57N3S2. The lowest BCUT2D eigenvalue weighted by Gasteiger charge is -2.04. The normalized spacial score (nSPS) is 12.6. The van der Waals surface area contributed by atoms with Crippen LogP contribution in [0.2, 0.25) is 0 Å². The number of aromatic nitrogens is 1. The molecule has 0 aliphatic heterocycles. The van der Waals surface area contributed by atoms with Crippen LogP contribution in [0.25, 0.3) is 42.9 Å². The van der Waals surface area contributed by atoms with Crippen molar-refractivity contribution in [2.24, 2.45) is 0 Å². The summed E-state index contributed by atoms with van der Waals surface area (Å²) in [5.41, 5.74) is 5.75. The Morgan fingerprint density at radius 3 is 1.26 bits per heavy atom. The Labute approximate surface area is 376 Å². The van der Waals surface area contributed by atoms with Crippen molar-refractivity contribution in [2.75, 3.05) is 10.6 Å². The molecule has 0 saturated heterocycles. The zero-order valence-corrected chi connectivity index (χ0v) is 37.5. The van der Waals surface area contributed by atoms with Gasteiger partial charge in [-0.25, -0.2) is 4.98 Å². The molecule has 0 radical (unpaired) electrons. The minimum atomic E-state index is 1.11. The number of nitrogens with one attached hydrogen (secondary N) is 2. The maximum Gasteiger partial charge on any atom is 0.126 e. The molecule has 11 rings (SSSR count). The summed E-state index contributed by atoms with van der Waals surface area (Å²) >= 11 is 3.70. The molecule has 5 heteroatoms. The zero-order valence-electron chi connectivity index (χ0n) is 35.9. The Bertz CT molecular complexity index is 2510. The molecule has 0 atom stereocenters. The summed E-state index contributed by atoms with van der Waals surface area (Å²) in [4.78, 5) is 4.88. The lowest BCUT2D eigenvalue weighted by Crippen LogP contribution is -2.22. The summed E-state index contributed by atoms with van der Waals surface area (Å²) in [7, 11) is 0. The molecule has 2 aromatic heterocycles. The van der Waals surface area contributed by atoms with Crippen LogP contribution in [-0.4, -0.2) is 4.98 Å². The van der Waals surface area contributed by atoms with Gasteiger partial charge in [0.2, 0.25) is 0 Å². The summed E-state index contributed by atoms with van der Waals surface area (Å²) in [6, 6.07) is 55.8. The molecule has 312 valence electrons. The van der Waals surface area contributed by atoms with Crippen LogP contribution in [0.1, 0.15) is 52.4 Å². The van der Waals surface area contributed by atoms with Crippen LogP contribution in [0.5, 0.6) is 0 Å². The van der Waals surface area contributed by atoms with Crippen LogP contribution in [0.4, 0.5) is 22.7 Å². The fourth-order valence-electron chi connectivity index (χ4n) is 6.60. The van der Waals surface area contributed by atoms with Crippen molar-refractivity contribution in [3.63, 3.8) is 0 Å². The van der Waals surface area contributed by atoms with E-state index in [0.29, 0.717) is 0 Å². The van der Waals surface area contributed by atoms with Gasteiger partial charge in [-0.05, 0) is 93.1 Å². The predicted octanol–water partition coefficient (Wildman–Crippen LogP) is 16.2. The topological polar surface area (TPSA) is 37.0 Å². The van der Waals surface area contributed by atoms with Crippen LogP contribution in [0, 0.1) is 0 Å². The highest BCUT2D eigenvalue weighted by molar-refractivity contribution is 7.26. The number of hydrogen-bond donors (Lipinski definition) is 2. The molecule has 3 nitrogen and oxygen atoms in total. The van der Waals surface area contributed by atoms with Crippen LogP contribution in [0.15, 0.2) is 212 Å². The molecule has 0 unspecified atom stereocenters. The standard InChI is InChI=1S/C19H13NS2.2C12H11N.2C6H8.C2H6/c1-3-10-16-12(6-1)13-7-5-8-14(18(13)21-16)19-20-15-9-2-4-11-17(15)22-19;2*1-3-7-11(8-4-1)13-12-9-5-2-6-10-12;2*1-2-4-6-5-3-1;1-2/h1,3,5-11H,2,4H2;2*1-10,13H;2*1-4H,5-6H2;1-2H3. The molecule has 3 aliphatic rings. The van der Waals surface area contributed by atoms with E-state index in [1.165, 1.54) is 61.3 Å². The van der Waals surface area contributed by atoms with Crippen molar-refractivity contribution in [3.05, 3.63) is 222 Å². The molecule has 0 spiro atoms. The number of fused-ring (bicyclic) bond motifs is 4. The zero-order chi connectivity index (χ0) is 42.9. The summed E-state index contributed by atoms with van der Waals surface area (Å²) in [6.07, 6.45) is 28.8. The first-order valence-corrected chi connectivity index (χ1v) is 23.4. The Morgan fingerprint density at radius 2 is 0.823 bits per heavy atom. The third-order valence-electron chi connectivity index (χ3n) is 9.59. The maximum absolute atomic E-state index is 4.88. The average Bonchev–Trinajstić information content (AvgIpc) is 3.98. The monoisotopic (exact) mass is 847 g/mol. The van der Waals surface area contributed by atoms with Gasteiger partial charge < -0.3 is 10.6 Å². The number of rotatable bonds is 5. The molecule has 6 aromatic carbocycles. The first-order valence-electron chi connectivity index (χ1n) is 21.8. The molecule has 0 bridgehead atoms. The number of nitrogens with zero attached hydrogens (tertiary/aromatic N) is 1. The van der Waals surface area contributed by atoms with Crippen molar-refractivity contribution in [1.82, 2.24) is 4.98 Å². The number of thiophene rings is 1. The van der Waals surface area contributed by atoms with E-state index in [1.54, 1.807) is 0 Å². The SMILES string of the molecule is C1=CCCC=C1.C1=CCCC=C1.C1=c2nc(-c3cccc4c3sc3ccccc34)sc2=CCC1.CC.c1ccc(Nc2ccccc2)cc1.c1ccc(Nc2ccccc2)cc1. The third kappa shape index (κ3) is 14.3. The van der Waals surface area contributed by atoms with E-state index in [9.17, 15) is 0 Å². The largest absolute Gasteiger partial charge is 0.356 e. The molecule has 0 saturated carbocycles. The fourth-order valence-corrected chi connectivity index (χ4v) is 8.95. The predicted molar refractivity (Wildman–Crippen MR) is 277 cm³/mol. The fraction of sp³-hybridized carbons (Fsp3) is 0.140. The van der Waals surface area contributed by atoms with Gasteiger partial charge in [-0.3, -0.25) is 0 Å². The molecule has 8 aromatic rings. The van der Waals surface area contributed by atoms with Gasteiger partial charge >= 0.3 is 0 Å². The number of hydrogen-bond acceptors (Lipinski definition) is 5. The van der Waals surface area contributed by atoms with Gasteiger partial charge in [-0.2, -0.15) is 0 Å². The van der Waals surface area contributed by atoms with Crippen LogP contribution in [0.3, 0.4) is 0 Å². The minimum Gasteiger partial charge on any atom is -0.356 e. The first kappa shape index (κ1) is 45.0. The molecule has 62 heavy (non-hydrogen) atoms. The van der Waals surface area contributed by atoms with Gasteiger partial charge in [0.25, 0.3) is 0 Å². The number of anilines is 4. The second-order valence-corrected chi connectivity index (χ2v) is 16.2. The van der Waals surface area contributed by atoms with E-state index < -0.39 is 0 Å². The molecule has 0 amide bonds. The summed E-state index contributed by atoms with van der Waals surface area (Å²) in [5.74, 6) is 0. The van der Waals surface area contributed by atoms with Crippen molar-refractivity contribution in [2.45, 2.75) is 52.4 Å². The highest BCUT2D eigenvalue weighted by atomic mass is 32.1. The van der Waals surface area contributed by atoms with Gasteiger partial charge in [0.05, 0.1) is 9.88 Å². The van der Waals surface area contributed by atoms with Gasteiger partial charge in [0.15, 0.2) is 0 Å². The van der Waals surface area contributed by atoms with Gasteiger partial charge in [0, 0.05) is 48.5 Å². The molecule has 2 heterocycles. The minimum absolute atomic E-state index is 1.11. The summed E-state index contributed by atoms with van der Waals surface area (Å²) < 4.78 is 4.04. The van der Waals surface area contributed by atoms with E-state index in [2.05, 4.69) is 114 Å². The summed E-state index contributed by atoms with van der Waals surface area (Å²) in [6.45, 7) is 4.00. The lowest BCUT2D eigenvalue weighted by molar-refractivity contribution is 1.04. The van der Waals surface area contributed by atoms with E-state index in [4.69, 9.17) is 4.98 Å². The number of allylic oxidation sites excluding steroid dienone is 8. The second-order valence-electron chi connectivity index (χ2n) is 14.1. The van der Waals surface area contributed by atoms with Crippen LogP contribution in [-0.2, 0) is 0 Å². The lowest BCUT2D eigenvalue weighted by atomic mass is 10.1. The Kier molecular flexibility index (Phi) is 18.8. The van der Waals surface area contributed by atoms with Crippen LogP contribution >= 0.6 is 22.7 Å². The maximum atomic E-state index is 4.88. The van der Waals surface area contributed by atoms with Gasteiger partial charge in [-0.1, -0.05) is 184 Å². The molecule has 3 aliphatic carbocycles.